The summed E-state index contributed by atoms with van der Waals surface area (Å²) in [6.07, 6.45) is 3.51. The van der Waals surface area contributed by atoms with Crippen LogP contribution in [0.1, 0.15) is 36.0 Å². The lowest BCUT2D eigenvalue weighted by molar-refractivity contribution is -0.131. The highest BCUT2D eigenvalue weighted by molar-refractivity contribution is 5.95. The summed E-state index contributed by atoms with van der Waals surface area (Å²) in [6.45, 7) is 1.84. The first-order valence-electron chi connectivity index (χ1n) is 7.15. The third-order valence-electron chi connectivity index (χ3n) is 3.50. The number of amides is 2. The molecule has 1 fully saturated rings. The van der Waals surface area contributed by atoms with E-state index in [0.717, 1.165) is 32.0 Å². The molecule has 0 aliphatic carbocycles. The number of benzene rings is 1. The van der Waals surface area contributed by atoms with Gasteiger partial charge in [0.15, 0.2) is 0 Å². The molecule has 0 aromatic heterocycles. The number of nitrogens with zero attached hydrogens (tertiary/aromatic N) is 1. The first-order valence-corrected chi connectivity index (χ1v) is 7.15. The van der Waals surface area contributed by atoms with Crippen molar-refractivity contribution in [3.63, 3.8) is 0 Å². The van der Waals surface area contributed by atoms with E-state index in [0.29, 0.717) is 0 Å². The van der Waals surface area contributed by atoms with E-state index < -0.39 is 5.91 Å². The first-order chi connectivity index (χ1) is 10.1. The topological polar surface area (TPSA) is 89.9 Å². The lowest BCUT2D eigenvalue weighted by Gasteiger charge is -2.26. The van der Waals surface area contributed by atoms with E-state index in [1.807, 2.05) is 4.90 Å². The molecule has 0 saturated carbocycles. The summed E-state index contributed by atoms with van der Waals surface area (Å²) in [5, 5.41) is 21.3. The maximum atomic E-state index is 11.9. The summed E-state index contributed by atoms with van der Waals surface area (Å²) in [7, 11) is 0. The van der Waals surface area contributed by atoms with Gasteiger partial charge < -0.3 is 20.4 Å². The van der Waals surface area contributed by atoms with E-state index in [9.17, 15) is 19.8 Å². The van der Waals surface area contributed by atoms with Crippen LogP contribution in [0.15, 0.2) is 18.2 Å². The minimum Gasteiger partial charge on any atom is -0.508 e. The van der Waals surface area contributed by atoms with Crippen molar-refractivity contribution in [1.29, 1.82) is 0 Å². The van der Waals surface area contributed by atoms with Gasteiger partial charge in [-0.2, -0.15) is 0 Å². The Morgan fingerprint density at radius 1 is 1.05 bits per heavy atom. The fraction of sp³-hybridized carbons (Fsp3) is 0.467. The third-order valence-corrected chi connectivity index (χ3v) is 3.50. The number of phenols is 2. The molecule has 0 bridgehead atoms. The Morgan fingerprint density at radius 2 is 1.67 bits per heavy atom. The molecule has 1 saturated heterocycles. The van der Waals surface area contributed by atoms with Crippen LogP contribution in [0.3, 0.4) is 0 Å². The van der Waals surface area contributed by atoms with Crippen molar-refractivity contribution in [3.8, 4) is 11.5 Å². The van der Waals surface area contributed by atoms with E-state index in [4.69, 9.17) is 0 Å². The third kappa shape index (κ3) is 4.37. The molecule has 1 heterocycles. The number of piperidine rings is 1. The SMILES string of the molecule is O=C(NCCC(=O)N1CCCCC1)c1cc(O)cc(O)c1. The lowest BCUT2D eigenvalue weighted by atomic mass is 10.1. The van der Waals surface area contributed by atoms with Gasteiger partial charge in [-0.1, -0.05) is 0 Å². The summed E-state index contributed by atoms with van der Waals surface area (Å²) in [6, 6.07) is 3.68. The quantitative estimate of drug-likeness (QED) is 0.778. The molecule has 1 aliphatic rings. The van der Waals surface area contributed by atoms with Crippen molar-refractivity contribution in [1.82, 2.24) is 10.2 Å². The van der Waals surface area contributed by atoms with Crippen molar-refractivity contribution in [2.75, 3.05) is 19.6 Å². The molecule has 6 nitrogen and oxygen atoms in total. The summed E-state index contributed by atoms with van der Waals surface area (Å²) in [4.78, 5) is 25.6. The van der Waals surface area contributed by atoms with Crippen LogP contribution in [-0.2, 0) is 4.79 Å². The number of aromatic hydroxyl groups is 2. The number of carbonyl (C=O) groups is 2. The monoisotopic (exact) mass is 292 g/mol. The standard InChI is InChI=1S/C15H20N2O4/c18-12-8-11(9-13(19)10-12)15(21)16-5-4-14(20)17-6-2-1-3-7-17/h8-10,18-19H,1-7H2,(H,16,21). The second-order valence-electron chi connectivity index (χ2n) is 5.19. The summed E-state index contributed by atoms with van der Waals surface area (Å²) < 4.78 is 0. The fourth-order valence-electron chi connectivity index (χ4n) is 2.41. The van der Waals surface area contributed by atoms with Crippen LogP contribution < -0.4 is 5.32 Å². The van der Waals surface area contributed by atoms with E-state index >= 15 is 0 Å². The Morgan fingerprint density at radius 3 is 2.29 bits per heavy atom. The van der Waals surface area contributed by atoms with Crippen LogP contribution in [-0.4, -0.2) is 46.6 Å². The molecular weight excluding hydrogens is 272 g/mol. The van der Waals surface area contributed by atoms with Gasteiger partial charge in [-0.05, 0) is 31.4 Å². The van der Waals surface area contributed by atoms with E-state index in [-0.39, 0.29) is 35.9 Å². The first kappa shape index (κ1) is 15.2. The van der Waals surface area contributed by atoms with Crippen LogP contribution in [0.5, 0.6) is 11.5 Å². The zero-order valence-electron chi connectivity index (χ0n) is 11.8. The number of rotatable bonds is 4. The maximum absolute atomic E-state index is 11.9. The van der Waals surface area contributed by atoms with Crippen molar-refractivity contribution in [3.05, 3.63) is 23.8 Å². The van der Waals surface area contributed by atoms with Crippen molar-refractivity contribution in [2.45, 2.75) is 25.7 Å². The Bertz CT molecular complexity index is 504. The molecule has 1 aromatic rings. The predicted molar refractivity (Wildman–Crippen MR) is 77.2 cm³/mol. The number of nitrogens with one attached hydrogen (secondary N) is 1. The molecule has 0 unspecified atom stereocenters. The summed E-state index contributed by atoms with van der Waals surface area (Å²) in [5.74, 6) is -0.726. The summed E-state index contributed by atoms with van der Waals surface area (Å²) >= 11 is 0. The van der Waals surface area contributed by atoms with Gasteiger partial charge in [0.25, 0.3) is 5.91 Å². The molecule has 0 spiro atoms. The summed E-state index contributed by atoms with van der Waals surface area (Å²) in [5.41, 5.74) is 0.165. The molecule has 6 heteroatoms. The van der Waals surface area contributed by atoms with E-state index in [1.165, 1.54) is 18.6 Å². The van der Waals surface area contributed by atoms with Gasteiger partial charge in [0.2, 0.25) is 5.91 Å². The minimum atomic E-state index is -0.423. The van der Waals surface area contributed by atoms with Crippen molar-refractivity contribution < 1.29 is 19.8 Å². The molecule has 0 atom stereocenters. The molecule has 1 aromatic carbocycles. The molecular formula is C15H20N2O4. The van der Waals surface area contributed by atoms with Crippen LogP contribution in [0.25, 0.3) is 0 Å². The van der Waals surface area contributed by atoms with E-state index in [1.54, 1.807) is 0 Å². The highest BCUT2D eigenvalue weighted by Gasteiger charge is 2.16. The average Bonchev–Trinajstić information content (AvgIpc) is 2.47. The smallest absolute Gasteiger partial charge is 0.251 e. The zero-order valence-corrected chi connectivity index (χ0v) is 11.8. The molecule has 0 radical (unpaired) electrons. The largest absolute Gasteiger partial charge is 0.508 e. The minimum absolute atomic E-state index is 0.0498. The van der Waals surface area contributed by atoms with Gasteiger partial charge in [-0.15, -0.1) is 0 Å². The number of phenolic OH excluding ortho intramolecular Hbond substituents is 2. The predicted octanol–water partition coefficient (Wildman–Crippen LogP) is 1.23. The van der Waals surface area contributed by atoms with Gasteiger partial charge in [0.05, 0.1) is 0 Å². The van der Waals surface area contributed by atoms with Crippen molar-refractivity contribution >= 4 is 11.8 Å². The Balaban J connectivity index is 1.79. The molecule has 114 valence electrons. The van der Waals surface area contributed by atoms with Crippen LogP contribution in [0.2, 0.25) is 0 Å². The zero-order chi connectivity index (χ0) is 15.2. The number of carbonyl (C=O) groups excluding carboxylic acids is 2. The molecule has 1 aliphatic heterocycles. The highest BCUT2D eigenvalue weighted by atomic mass is 16.3. The number of likely N-dealkylation sites (tertiary alicyclic amines) is 1. The lowest BCUT2D eigenvalue weighted by Crippen LogP contribution is -2.37. The van der Waals surface area contributed by atoms with Gasteiger partial charge in [-0.25, -0.2) is 0 Å². The van der Waals surface area contributed by atoms with Crippen LogP contribution in [0, 0.1) is 0 Å². The number of hydrogen-bond donors (Lipinski definition) is 3. The maximum Gasteiger partial charge on any atom is 0.251 e. The molecule has 2 rings (SSSR count). The Hall–Kier alpha value is -2.24. The molecule has 3 N–H and O–H groups in total. The normalized spacial score (nSPS) is 14.8. The highest BCUT2D eigenvalue weighted by Crippen LogP contribution is 2.20. The van der Waals surface area contributed by atoms with Gasteiger partial charge in [-0.3, -0.25) is 9.59 Å². The Kier molecular flexibility index (Phi) is 5.03. The van der Waals surface area contributed by atoms with Crippen LogP contribution in [0.4, 0.5) is 0 Å². The number of hydrogen-bond acceptors (Lipinski definition) is 4. The second-order valence-corrected chi connectivity index (χ2v) is 5.19. The van der Waals surface area contributed by atoms with Gasteiger partial charge in [0.1, 0.15) is 11.5 Å². The van der Waals surface area contributed by atoms with Gasteiger partial charge in [0, 0.05) is 37.7 Å². The van der Waals surface area contributed by atoms with Crippen LogP contribution >= 0.6 is 0 Å². The molecule has 21 heavy (non-hydrogen) atoms. The average molecular weight is 292 g/mol. The fourth-order valence-corrected chi connectivity index (χ4v) is 2.41. The Labute approximate surface area is 123 Å². The second kappa shape index (κ2) is 6.97. The van der Waals surface area contributed by atoms with Gasteiger partial charge >= 0.3 is 0 Å². The van der Waals surface area contributed by atoms with Crippen molar-refractivity contribution in [2.24, 2.45) is 0 Å². The molecule has 2 amide bonds. The van der Waals surface area contributed by atoms with E-state index in [2.05, 4.69) is 5.32 Å².